The van der Waals surface area contributed by atoms with E-state index >= 15 is 0 Å². The van der Waals surface area contributed by atoms with E-state index in [1.165, 1.54) is 4.90 Å². The Kier molecular flexibility index (Phi) is 5.60. The summed E-state index contributed by atoms with van der Waals surface area (Å²) in [5, 5.41) is 6.63. The number of nitrogens with one attached hydrogen (secondary N) is 1. The Balaban J connectivity index is 1.29. The van der Waals surface area contributed by atoms with Crippen LogP contribution >= 0.6 is 0 Å². The summed E-state index contributed by atoms with van der Waals surface area (Å²) in [6, 6.07) is 16.4. The third kappa shape index (κ3) is 4.24. The zero-order valence-corrected chi connectivity index (χ0v) is 16.4. The molecule has 2 heterocycles. The first-order valence-corrected chi connectivity index (χ1v) is 9.49. The van der Waals surface area contributed by atoms with Gasteiger partial charge in [0.15, 0.2) is 0 Å². The van der Waals surface area contributed by atoms with Crippen LogP contribution in [0.1, 0.15) is 5.89 Å². The van der Waals surface area contributed by atoms with Crippen LogP contribution in [-0.4, -0.2) is 53.7 Å². The summed E-state index contributed by atoms with van der Waals surface area (Å²) < 4.78 is 10.3. The number of nitrogens with zero attached hydrogens (tertiary/aromatic N) is 4. The van der Waals surface area contributed by atoms with Crippen LogP contribution in [-0.2, 0) is 11.3 Å². The first-order valence-electron chi connectivity index (χ1n) is 9.49. The van der Waals surface area contributed by atoms with Crippen LogP contribution in [0.2, 0.25) is 0 Å². The highest BCUT2D eigenvalue weighted by Crippen LogP contribution is 2.23. The summed E-state index contributed by atoms with van der Waals surface area (Å²) in [4.78, 5) is 32.3. The van der Waals surface area contributed by atoms with E-state index in [1.54, 1.807) is 24.1 Å². The maximum Gasteiger partial charge on any atom is 0.325 e. The molecule has 9 heteroatoms. The maximum atomic E-state index is 12.6. The van der Waals surface area contributed by atoms with Crippen molar-refractivity contribution >= 4 is 17.6 Å². The van der Waals surface area contributed by atoms with Crippen LogP contribution in [0.5, 0.6) is 5.75 Å². The van der Waals surface area contributed by atoms with Gasteiger partial charge in [-0.25, -0.2) is 4.79 Å². The van der Waals surface area contributed by atoms with Gasteiger partial charge in [-0.2, -0.15) is 4.98 Å². The monoisotopic (exact) mass is 407 g/mol. The number of aromatic nitrogens is 2. The Labute approximate surface area is 173 Å². The quantitative estimate of drug-likeness (QED) is 0.645. The molecule has 2 aromatic carbocycles. The van der Waals surface area contributed by atoms with Gasteiger partial charge in [0, 0.05) is 24.3 Å². The second-order valence-electron chi connectivity index (χ2n) is 6.71. The van der Waals surface area contributed by atoms with Crippen molar-refractivity contribution in [3.63, 3.8) is 0 Å². The average Bonchev–Trinajstić information content (AvgIpc) is 3.40. The molecule has 3 amide bonds. The number of methoxy groups -OCH3 is 1. The number of amides is 3. The summed E-state index contributed by atoms with van der Waals surface area (Å²) in [7, 11) is 1.59. The van der Waals surface area contributed by atoms with Crippen molar-refractivity contribution in [2.24, 2.45) is 0 Å². The molecule has 30 heavy (non-hydrogen) atoms. The standard InChI is InChI=1S/C21H21N5O4/c1-29-17-9-7-16(8-10-17)26-12-11-25(21(26)28)14-18(27)22-13-19-23-20(24-30-19)15-5-3-2-4-6-15/h2-10H,11-14H2,1H3,(H,22,27). The van der Waals surface area contributed by atoms with Gasteiger partial charge in [0.25, 0.3) is 0 Å². The van der Waals surface area contributed by atoms with Crippen molar-refractivity contribution in [2.75, 3.05) is 31.6 Å². The molecule has 3 aromatic rings. The van der Waals surface area contributed by atoms with Gasteiger partial charge >= 0.3 is 6.03 Å². The summed E-state index contributed by atoms with van der Waals surface area (Å²) in [5.41, 5.74) is 1.60. The molecular weight excluding hydrogens is 386 g/mol. The lowest BCUT2D eigenvalue weighted by atomic mass is 10.2. The number of carbonyl (C=O) groups is 2. The highest BCUT2D eigenvalue weighted by Gasteiger charge is 2.30. The first kappa shape index (κ1) is 19.4. The predicted molar refractivity (Wildman–Crippen MR) is 109 cm³/mol. The molecule has 1 aliphatic rings. The number of rotatable bonds is 7. The molecule has 0 spiro atoms. The number of urea groups is 1. The highest BCUT2D eigenvalue weighted by atomic mass is 16.5. The van der Waals surface area contributed by atoms with E-state index in [2.05, 4.69) is 15.5 Å². The van der Waals surface area contributed by atoms with Crippen molar-refractivity contribution in [3.8, 4) is 17.1 Å². The summed E-state index contributed by atoms with van der Waals surface area (Å²) in [6.45, 7) is 1.05. The number of carbonyl (C=O) groups excluding carboxylic acids is 2. The fourth-order valence-electron chi connectivity index (χ4n) is 3.17. The van der Waals surface area contributed by atoms with E-state index in [0.717, 1.165) is 17.0 Å². The third-order valence-corrected chi connectivity index (χ3v) is 4.75. The topological polar surface area (TPSA) is 101 Å². The molecule has 0 unspecified atom stereocenters. The van der Waals surface area contributed by atoms with Gasteiger partial charge in [-0.05, 0) is 24.3 Å². The molecule has 0 radical (unpaired) electrons. The molecule has 0 saturated carbocycles. The lowest BCUT2D eigenvalue weighted by Crippen LogP contribution is -2.39. The Hall–Kier alpha value is -3.88. The van der Waals surface area contributed by atoms with Gasteiger partial charge in [-0.15, -0.1) is 0 Å². The van der Waals surface area contributed by atoms with Crippen LogP contribution in [0.3, 0.4) is 0 Å². The molecule has 1 fully saturated rings. The Morgan fingerprint density at radius 2 is 1.90 bits per heavy atom. The normalized spacial score (nSPS) is 13.6. The molecule has 0 aliphatic carbocycles. The zero-order valence-electron chi connectivity index (χ0n) is 16.4. The van der Waals surface area contributed by atoms with Gasteiger partial charge in [-0.1, -0.05) is 35.5 Å². The van der Waals surface area contributed by atoms with Gasteiger partial charge in [0.05, 0.1) is 13.7 Å². The molecule has 1 aromatic heterocycles. The van der Waals surface area contributed by atoms with Crippen LogP contribution < -0.4 is 15.0 Å². The molecule has 9 nitrogen and oxygen atoms in total. The van der Waals surface area contributed by atoms with Crippen molar-refractivity contribution < 1.29 is 18.8 Å². The number of benzene rings is 2. The highest BCUT2D eigenvalue weighted by molar-refractivity contribution is 5.96. The Morgan fingerprint density at radius 1 is 1.13 bits per heavy atom. The van der Waals surface area contributed by atoms with Crippen molar-refractivity contribution in [3.05, 3.63) is 60.5 Å². The fourth-order valence-corrected chi connectivity index (χ4v) is 3.17. The molecule has 0 bridgehead atoms. The summed E-state index contributed by atoms with van der Waals surface area (Å²) in [5.74, 6) is 1.19. The minimum Gasteiger partial charge on any atom is -0.497 e. The number of ether oxygens (including phenoxy) is 1. The van der Waals surface area contributed by atoms with Crippen molar-refractivity contribution in [1.82, 2.24) is 20.4 Å². The molecule has 1 N–H and O–H groups in total. The Morgan fingerprint density at radius 3 is 2.63 bits per heavy atom. The smallest absolute Gasteiger partial charge is 0.325 e. The van der Waals surface area contributed by atoms with E-state index in [-0.39, 0.29) is 25.0 Å². The summed E-state index contributed by atoms with van der Waals surface area (Å²) >= 11 is 0. The zero-order chi connectivity index (χ0) is 20.9. The van der Waals surface area contributed by atoms with Gasteiger partial charge in [-0.3, -0.25) is 9.69 Å². The van der Waals surface area contributed by atoms with Crippen LogP contribution in [0.15, 0.2) is 59.1 Å². The van der Waals surface area contributed by atoms with Crippen LogP contribution in [0.4, 0.5) is 10.5 Å². The number of anilines is 1. The Bertz CT molecular complexity index is 1020. The third-order valence-electron chi connectivity index (χ3n) is 4.75. The largest absolute Gasteiger partial charge is 0.497 e. The maximum absolute atomic E-state index is 12.6. The molecule has 1 aliphatic heterocycles. The second-order valence-corrected chi connectivity index (χ2v) is 6.71. The lowest BCUT2D eigenvalue weighted by molar-refractivity contribution is -0.121. The lowest BCUT2D eigenvalue weighted by Gasteiger charge is -2.18. The van der Waals surface area contributed by atoms with E-state index < -0.39 is 0 Å². The summed E-state index contributed by atoms with van der Waals surface area (Å²) in [6.07, 6.45) is 0. The molecule has 1 saturated heterocycles. The number of hydrogen-bond donors (Lipinski definition) is 1. The first-order chi connectivity index (χ1) is 14.6. The second kappa shape index (κ2) is 8.64. The van der Waals surface area contributed by atoms with Crippen molar-refractivity contribution in [2.45, 2.75) is 6.54 Å². The molecule has 4 rings (SSSR count). The molecular formula is C21H21N5O4. The van der Waals surface area contributed by atoms with Gasteiger partial charge < -0.3 is 19.5 Å². The van der Waals surface area contributed by atoms with E-state index in [1.807, 2.05) is 42.5 Å². The average molecular weight is 407 g/mol. The van der Waals surface area contributed by atoms with Gasteiger partial charge in [0.1, 0.15) is 12.3 Å². The van der Waals surface area contributed by atoms with E-state index in [4.69, 9.17) is 9.26 Å². The minimum atomic E-state index is -0.292. The van der Waals surface area contributed by atoms with Crippen LogP contribution in [0, 0.1) is 0 Å². The van der Waals surface area contributed by atoms with Crippen LogP contribution in [0.25, 0.3) is 11.4 Å². The van der Waals surface area contributed by atoms with Gasteiger partial charge in [0.2, 0.25) is 17.6 Å². The van der Waals surface area contributed by atoms with Crippen molar-refractivity contribution in [1.29, 1.82) is 0 Å². The SMILES string of the molecule is COc1ccc(N2CCN(CC(=O)NCc3nc(-c4ccccc4)no3)C2=O)cc1. The minimum absolute atomic E-state index is 0.0365. The van der Waals surface area contributed by atoms with E-state index in [0.29, 0.717) is 24.8 Å². The molecule has 0 atom stereocenters. The fraction of sp³-hybridized carbons (Fsp3) is 0.238. The van der Waals surface area contributed by atoms with E-state index in [9.17, 15) is 9.59 Å². The number of hydrogen-bond acceptors (Lipinski definition) is 6. The predicted octanol–water partition coefficient (Wildman–Crippen LogP) is 2.30. The molecule has 154 valence electrons.